The third-order valence-corrected chi connectivity index (χ3v) is 20.2. The molecule has 0 radical (unpaired) electrons. The average molecular weight is 1130 g/mol. The number of hydrogen-bond donors (Lipinski definition) is 0. The second-order valence-electron chi connectivity index (χ2n) is 25.1. The predicted octanol–water partition coefficient (Wildman–Crippen LogP) is 21.4. The zero-order chi connectivity index (χ0) is 58.5. The van der Waals surface area contributed by atoms with Crippen molar-refractivity contribution in [3.05, 3.63) is 288 Å². The zero-order valence-corrected chi connectivity index (χ0v) is 49.9. The number of rotatable bonds is 4. The summed E-state index contributed by atoms with van der Waals surface area (Å²) in [6.07, 6.45) is 4.47. The molecule has 422 valence electrons. The van der Waals surface area contributed by atoms with Gasteiger partial charge in [-0.05, 0) is 196 Å². The molecule has 12 aromatic carbocycles. The van der Waals surface area contributed by atoms with Gasteiger partial charge >= 0.3 is 0 Å². The Bertz CT molecular complexity index is 5380. The lowest BCUT2D eigenvalue weighted by atomic mass is 9.82. The van der Waals surface area contributed by atoms with Crippen molar-refractivity contribution in [2.24, 2.45) is 0 Å². The average Bonchev–Trinajstić information content (AvgIpc) is 1.68. The number of anilines is 4. The summed E-state index contributed by atoms with van der Waals surface area (Å²) in [5.74, 6) is 0. The van der Waals surface area contributed by atoms with E-state index in [1.54, 1.807) is 0 Å². The van der Waals surface area contributed by atoms with Crippen molar-refractivity contribution in [3.63, 3.8) is 0 Å². The summed E-state index contributed by atoms with van der Waals surface area (Å²) < 4.78 is 11.3. The number of furan rings is 1. The van der Waals surface area contributed by atoms with Crippen molar-refractivity contribution in [3.8, 4) is 44.8 Å². The summed E-state index contributed by atoms with van der Waals surface area (Å²) in [6.45, 7) is 8.75. The predicted molar refractivity (Wildman–Crippen MR) is 368 cm³/mol. The minimum atomic E-state index is -0.0368. The SMILES string of the molecule is CC.CC1(C)c2ccccc2-c2cc3c(cc21)c1cc(-c2ccc4c(c2)CC2Cc5ccccc5N42)ccc1n3-c1ccccc1.c1ccc2c(c1)CC1Cc3cc(-c4ccc5c(c4)c4ccccc4n5-c4cccc5c4oc4ccccc45)ccc3N21. The van der Waals surface area contributed by atoms with Crippen LogP contribution in [0.5, 0.6) is 0 Å². The third kappa shape index (κ3) is 7.40. The molecule has 5 heteroatoms. The Morgan fingerprint density at radius 2 is 0.818 bits per heavy atom. The third-order valence-electron chi connectivity index (χ3n) is 20.2. The Kier molecular flexibility index (Phi) is 11.2. The molecule has 0 bridgehead atoms. The smallest absolute Gasteiger partial charge is 0.159 e. The molecule has 88 heavy (non-hydrogen) atoms. The lowest BCUT2D eigenvalue weighted by Gasteiger charge is -2.21. The first kappa shape index (κ1) is 50.9. The maximum absolute atomic E-state index is 6.47. The molecule has 0 spiro atoms. The van der Waals surface area contributed by atoms with Crippen LogP contribution in [-0.2, 0) is 31.1 Å². The lowest BCUT2D eigenvalue weighted by Crippen LogP contribution is -2.22. The quantitative estimate of drug-likeness (QED) is 0.176. The highest BCUT2D eigenvalue weighted by Gasteiger charge is 2.39. The Hall–Kier alpha value is -10.4. The molecule has 0 amide bonds. The first-order valence-corrected chi connectivity index (χ1v) is 31.6. The van der Waals surface area contributed by atoms with Crippen LogP contribution < -0.4 is 9.80 Å². The van der Waals surface area contributed by atoms with Crippen LogP contribution in [0.2, 0.25) is 0 Å². The Morgan fingerprint density at radius 3 is 1.51 bits per heavy atom. The summed E-state index contributed by atoms with van der Waals surface area (Å²) in [5.41, 5.74) is 31.0. The maximum Gasteiger partial charge on any atom is 0.159 e. The van der Waals surface area contributed by atoms with Gasteiger partial charge in [0.15, 0.2) is 5.58 Å². The normalized spacial score (nSPS) is 16.0. The second kappa shape index (κ2) is 19.3. The number of hydrogen-bond acceptors (Lipinski definition) is 3. The van der Waals surface area contributed by atoms with Crippen LogP contribution in [0.3, 0.4) is 0 Å². The van der Waals surface area contributed by atoms with Crippen LogP contribution in [0.4, 0.5) is 22.7 Å². The molecule has 5 nitrogen and oxygen atoms in total. The van der Waals surface area contributed by atoms with Crippen molar-refractivity contribution in [1.82, 2.24) is 9.13 Å². The van der Waals surface area contributed by atoms with Crippen molar-refractivity contribution < 1.29 is 4.42 Å². The largest absolute Gasteiger partial charge is 0.454 e. The van der Waals surface area contributed by atoms with Gasteiger partial charge in [0.25, 0.3) is 0 Å². The summed E-state index contributed by atoms with van der Waals surface area (Å²) in [7, 11) is 0. The molecular weight excluding hydrogens is 1070 g/mol. The number of para-hydroxylation sites is 6. The van der Waals surface area contributed by atoms with E-state index in [1.165, 1.54) is 139 Å². The van der Waals surface area contributed by atoms with Crippen LogP contribution in [-0.4, -0.2) is 21.2 Å². The van der Waals surface area contributed by atoms with E-state index >= 15 is 0 Å². The fourth-order valence-electron chi connectivity index (χ4n) is 16.3. The topological polar surface area (TPSA) is 29.5 Å². The van der Waals surface area contributed by atoms with Crippen LogP contribution in [0, 0.1) is 0 Å². The molecule has 3 aromatic heterocycles. The van der Waals surface area contributed by atoms with E-state index < -0.39 is 0 Å². The van der Waals surface area contributed by atoms with Gasteiger partial charge in [0, 0.05) is 78.3 Å². The Balaban J connectivity index is 0.000000128. The molecule has 0 saturated carbocycles. The minimum absolute atomic E-state index is 0.0368. The first-order chi connectivity index (χ1) is 43.4. The monoisotopic (exact) mass is 1130 g/mol. The summed E-state index contributed by atoms with van der Waals surface area (Å²) in [6, 6.07) is 95.3. The first-order valence-electron chi connectivity index (χ1n) is 31.6. The van der Waals surface area contributed by atoms with E-state index in [4.69, 9.17) is 4.42 Å². The number of benzene rings is 12. The van der Waals surface area contributed by atoms with Crippen LogP contribution in [0.15, 0.2) is 259 Å². The van der Waals surface area contributed by atoms with Gasteiger partial charge in [0.05, 0.1) is 27.8 Å². The Labute approximate surface area is 512 Å². The second-order valence-corrected chi connectivity index (χ2v) is 25.1. The van der Waals surface area contributed by atoms with Gasteiger partial charge in [0.2, 0.25) is 0 Å². The molecule has 0 N–H and O–H groups in total. The van der Waals surface area contributed by atoms with Gasteiger partial charge in [-0.25, -0.2) is 0 Å². The van der Waals surface area contributed by atoms with E-state index in [9.17, 15) is 0 Å². The van der Waals surface area contributed by atoms with Crippen molar-refractivity contribution in [2.45, 2.75) is 70.9 Å². The molecule has 20 rings (SSSR count). The molecule has 0 saturated heterocycles. The van der Waals surface area contributed by atoms with Crippen molar-refractivity contribution in [1.29, 1.82) is 0 Å². The number of aromatic nitrogens is 2. The number of nitrogens with zero attached hydrogens (tertiary/aromatic N) is 4. The standard InChI is InChI=1S/C42H32N2.C39H26N2O.C2H6/c1-42(2)36-14-8-7-13-32(36)33-25-41-35(24-37(33)42)34-23-27(17-19-40(34)43(41)30-11-4-3-5-12-30)26-16-18-39-29(20-26)22-31-21-28-10-6-9-15-38(28)44(31)39;1-4-12-33-26(8-1)21-28-22-27-20-24(16-18-34(27)40(28)33)25-17-19-36-32(23-25)29-9-2-5-13-35(29)41(36)37-14-7-11-31-30-10-3-6-15-38(30)42-39(31)37;1-2/h3-20,23-25,31H,21-22H2,1-2H3;1-20,23,28H,21-22H2;1-2H3. The summed E-state index contributed by atoms with van der Waals surface area (Å²) >= 11 is 0. The van der Waals surface area contributed by atoms with Gasteiger partial charge in [0.1, 0.15) is 5.58 Å². The molecule has 4 aliphatic heterocycles. The van der Waals surface area contributed by atoms with Crippen molar-refractivity contribution in [2.75, 3.05) is 9.80 Å². The molecule has 1 aliphatic carbocycles. The highest BCUT2D eigenvalue weighted by molar-refractivity contribution is 6.15. The lowest BCUT2D eigenvalue weighted by molar-refractivity contribution is 0.661. The van der Waals surface area contributed by atoms with Crippen LogP contribution in [0.1, 0.15) is 61.1 Å². The van der Waals surface area contributed by atoms with Crippen molar-refractivity contribution >= 4 is 88.3 Å². The number of fused-ring (bicyclic) bond motifs is 22. The zero-order valence-electron chi connectivity index (χ0n) is 49.9. The molecule has 2 atom stereocenters. The summed E-state index contributed by atoms with van der Waals surface area (Å²) in [4.78, 5) is 5.13. The minimum Gasteiger partial charge on any atom is -0.454 e. The molecule has 2 unspecified atom stereocenters. The van der Waals surface area contributed by atoms with Crippen LogP contribution >= 0.6 is 0 Å². The van der Waals surface area contributed by atoms with E-state index in [1.807, 2.05) is 19.9 Å². The van der Waals surface area contributed by atoms with Crippen LogP contribution in [0.25, 0.3) is 110 Å². The van der Waals surface area contributed by atoms with E-state index in [0.29, 0.717) is 12.1 Å². The van der Waals surface area contributed by atoms with E-state index in [0.717, 1.165) is 53.3 Å². The highest BCUT2D eigenvalue weighted by atomic mass is 16.3. The van der Waals surface area contributed by atoms with Gasteiger partial charge < -0.3 is 23.4 Å². The molecule has 0 fully saturated rings. The fourth-order valence-corrected chi connectivity index (χ4v) is 16.3. The molecule has 5 aliphatic rings. The highest BCUT2D eigenvalue weighted by Crippen LogP contribution is 2.53. The fraction of sp³-hybridized carbons (Fsp3) is 0.133. The Morgan fingerprint density at radius 1 is 0.330 bits per heavy atom. The molecule has 7 heterocycles. The molecule has 15 aromatic rings. The molecular formula is C83H64N4O. The summed E-state index contributed by atoms with van der Waals surface area (Å²) in [5, 5.41) is 7.44. The maximum atomic E-state index is 6.47. The van der Waals surface area contributed by atoms with Gasteiger partial charge in [-0.2, -0.15) is 0 Å². The van der Waals surface area contributed by atoms with Gasteiger partial charge in [-0.1, -0.05) is 179 Å². The van der Waals surface area contributed by atoms with E-state index in [2.05, 4.69) is 282 Å². The van der Waals surface area contributed by atoms with Gasteiger partial charge in [-0.3, -0.25) is 0 Å². The van der Waals surface area contributed by atoms with E-state index in [-0.39, 0.29) is 5.41 Å². The van der Waals surface area contributed by atoms with Gasteiger partial charge in [-0.15, -0.1) is 0 Å².